The number of nitrogens with one attached hydrogen (secondary N) is 1. The summed E-state index contributed by atoms with van der Waals surface area (Å²) < 4.78 is 46.1. The van der Waals surface area contributed by atoms with Gasteiger partial charge in [0.05, 0.1) is 25.5 Å². The Hall–Kier alpha value is -3.66. The average Bonchev–Trinajstić information content (AvgIpc) is 3.28. The molecule has 1 N–H and O–H groups in total. The molecule has 0 aliphatic rings. The maximum absolute atomic E-state index is 13.0. The van der Waals surface area contributed by atoms with Gasteiger partial charge in [-0.25, -0.2) is 15.0 Å². The second-order valence-corrected chi connectivity index (χ2v) is 9.72. The van der Waals surface area contributed by atoms with E-state index in [1.54, 1.807) is 13.4 Å². The van der Waals surface area contributed by atoms with Gasteiger partial charge in [0.1, 0.15) is 11.3 Å². The molecule has 0 saturated heterocycles. The molecule has 7 nitrogen and oxygen atoms in total. The summed E-state index contributed by atoms with van der Waals surface area (Å²) in [6.45, 7) is 10.5. The number of imidazole rings is 1. The Kier molecular flexibility index (Phi) is 8.20. The van der Waals surface area contributed by atoms with E-state index in [0.717, 1.165) is 30.0 Å². The lowest BCUT2D eigenvalue weighted by molar-refractivity contribution is -0.137. The lowest BCUT2D eigenvalue weighted by Crippen LogP contribution is -2.40. The molecule has 10 heteroatoms. The Morgan fingerprint density at radius 1 is 0.947 bits per heavy atom. The normalized spacial score (nSPS) is 12.2. The monoisotopic (exact) mass is 526 g/mol. The summed E-state index contributed by atoms with van der Waals surface area (Å²) in [6.07, 6.45) is -2.73. The second kappa shape index (κ2) is 11.4. The van der Waals surface area contributed by atoms with E-state index in [0.29, 0.717) is 53.5 Å². The van der Waals surface area contributed by atoms with Crippen molar-refractivity contribution in [2.45, 2.75) is 52.5 Å². The molecular formula is C28H33F3N6O. The fraction of sp³-hybridized carbons (Fsp3) is 0.393. The Morgan fingerprint density at radius 2 is 1.61 bits per heavy atom. The van der Waals surface area contributed by atoms with Crippen molar-refractivity contribution < 1.29 is 17.9 Å². The van der Waals surface area contributed by atoms with E-state index in [9.17, 15) is 13.2 Å². The molecular weight excluding hydrogens is 493 g/mol. The molecule has 4 aromatic rings. The van der Waals surface area contributed by atoms with Crippen molar-refractivity contribution in [1.29, 1.82) is 0 Å². The quantitative estimate of drug-likeness (QED) is 0.269. The topological polar surface area (TPSA) is 68.1 Å². The highest BCUT2D eigenvalue weighted by molar-refractivity contribution is 5.85. The third kappa shape index (κ3) is 6.24. The van der Waals surface area contributed by atoms with E-state index >= 15 is 0 Å². The lowest BCUT2D eigenvalue weighted by atomic mass is 10.1. The Bertz CT molecular complexity index is 1340. The van der Waals surface area contributed by atoms with Gasteiger partial charge < -0.3 is 14.6 Å². The zero-order chi connectivity index (χ0) is 27.4. The van der Waals surface area contributed by atoms with E-state index in [4.69, 9.17) is 14.7 Å². The summed E-state index contributed by atoms with van der Waals surface area (Å²) in [5, 5.41) is 3.44. The molecule has 2 heterocycles. The third-order valence-corrected chi connectivity index (χ3v) is 6.44. The van der Waals surface area contributed by atoms with Crippen molar-refractivity contribution >= 4 is 17.0 Å². The number of rotatable bonds is 10. The Morgan fingerprint density at radius 3 is 2.18 bits per heavy atom. The van der Waals surface area contributed by atoms with Crippen LogP contribution in [0.4, 0.5) is 19.0 Å². The summed E-state index contributed by atoms with van der Waals surface area (Å²) in [5.74, 6) is 1.85. The first kappa shape index (κ1) is 27.4. The van der Waals surface area contributed by atoms with Gasteiger partial charge in [0, 0.05) is 30.7 Å². The molecule has 2 aromatic carbocycles. The summed E-state index contributed by atoms with van der Waals surface area (Å²) in [7, 11) is 1.61. The van der Waals surface area contributed by atoms with Crippen LogP contribution in [-0.2, 0) is 12.7 Å². The van der Waals surface area contributed by atoms with Crippen LogP contribution in [0.3, 0.4) is 0 Å². The highest BCUT2D eigenvalue weighted by atomic mass is 19.4. The molecule has 2 aromatic heterocycles. The number of alkyl halides is 3. The van der Waals surface area contributed by atoms with Gasteiger partial charge in [-0.15, -0.1) is 0 Å². The molecule has 0 bridgehead atoms. The van der Waals surface area contributed by atoms with E-state index in [1.165, 1.54) is 12.1 Å². The second-order valence-electron chi connectivity index (χ2n) is 9.72. The number of halogens is 3. The maximum atomic E-state index is 13.0. The smallest absolute Gasteiger partial charge is 0.416 e. The molecule has 0 aliphatic heterocycles. The van der Waals surface area contributed by atoms with Gasteiger partial charge in [-0.2, -0.15) is 13.2 Å². The van der Waals surface area contributed by atoms with Crippen molar-refractivity contribution in [1.82, 2.24) is 24.4 Å². The van der Waals surface area contributed by atoms with Gasteiger partial charge in [-0.3, -0.25) is 4.90 Å². The zero-order valence-electron chi connectivity index (χ0n) is 22.3. The van der Waals surface area contributed by atoms with Crippen LogP contribution in [0.2, 0.25) is 0 Å². The first-order valence-electron chi connectivity index (χ1n) is 12.6. The summed E-state index contributed by atoms with van der Waals surface area (Å²) in [4.78, 5) is 16.5. The summed E-state index contributed by atoms with van der Waals surface area (Å²) in [6, 6.07) is 13.4. The molecule has 0 unspecified atom stereocenters. The van der Waals surface area contributed by atoms with E-state index in [-0.39, 0.29) is 0 Å². The molecule has 0 radical (unpaired) electrons. The number of aromatic nitrogens is 4. The highest BCUT2D eigenvalue weighted by Gasteiger charge is 2.30. The molecule has 0 saturated carbocycles. The first-order chi connectivity index (χ1) is 18.1. The number of ether oxygens (including phenoxy) is 1. The standard InChI is InChI=1S/C28H33F3N6O/c1-18(2)37(19(3)4)15-14-32-26-24-27(35-25(34-26)21-8-12-23(38-5)13-9-21)36(17-33-24)16-20-6-10-22(11-7-20)28(29,30)31/h6-13,17-19H,14-16H2,1-5H3,(H,32,34,35). The number of benzene rings is 2. The van der Waals surface area contributed by atoms with Crippen LogP contribution in [0.15, 0.2) is 54.9 Å². The first-order valence-corrected chi connectivity index (χ1v) is 12.6. The van der Waals surface area contributed by atoms with Crippen LogP contribution in [0, 0.1) is 0 Å². The fourth-order valence-corrected chi connectivity index (χ4v) is 4.46. The Balaban J connectivity index is 1.68. The minimum absolute atomic E-state index is 0.321. The molecule has 0 amide bonds. The fourth-order valence-electron chi connectivity index (χ4n) is 4.46. The number of fused-ring (bicyclic) bond motifs is 1. The molecule has 38 heavy (non-hydrogen) atoms. The van der Waals surface area contributed by atoms with E-state index in [2.05, 4.69) is 42.9 Å². The average molecular weight is 527 g/mol. The number of hydrogen-bond donors (Lipinski definition) is 1. The number of nitrogens with zero attached hydrogens (tertiary/aromatic N) is 5. The SMILES string of the molecule is COc1ccc(-c2nc(NCCN(C(C)C)C(C)C)c3ncn(Cc4ccc(C(F)(F)F)cc4)c3n2)cc1. The summed E-state index contributed by atoms with van der Waals surface area (Å²) >= 11 is 0. The molecule has 0 spiro atoms. The van der Waals surface area contributed by atoms with Crippen molar-refractivity contribution in [3.05, 3.63) is 66.0 Å². The highest BCUT2D eigenvalue weighted by Crippen LogP contribution is 2.30. The Labute approximate surface area is 220 Å². The molecule has 0 aliphatic carbocycles. The van der Waals surface area contributed by atoms with Crippen LogP contribution in [0.1, 0.15) is 38.8 Å². The van der Waals surface area contributed by atoms with Crippen LogP contribution in [0.5, 0.6) is 5.75 Å². The van der Waals surface area contributed by atoms with Gasteiger partial charge in [-0.1, -0.05) is 12.1 Å². The number of hydrogen-bond acceptors (Lipinski definition) is 6. The van der Waals surface area contributed by atoms with Crippen molar-refractivity contribution in [3.63, 3.8) is 0 Å². The van der Waals surface area contributed by atoms with Gasteiger partial charge in [-0.05, 0) is 69.7 Å². The van der Waals surface area contributed by atoms with Gasteiger partial charge >= 0.3 is 6.18 Å². The minimum Gasteiger partial charge on any atom is -0.497 e. The number of methoxy groups -OCH3 is 1. The predicted molar refractivity (Wildman–Crippen MR) is 143 cm³/mol. The van der Waals surface area contributed by atoms with E-state index in [1.807, 2.05) is 28.8 Å². The van der Waals surface area contributed by atoms with Gasteiger partial charge in [0.15, 0.2) is 17.3 Å². The minimum atomic E-state index is -4.37. The molecule has 202 valence electrons. The lowest BCUT2D eigenvalue weighted by Gasteiger charge is -2.30. The van der Waals surface area contributed by atoms with Crippen molar-refractivity contribution in [3.8, 4) is 17.1 Å². The number of anilines is 1. The molecule has 0 atom stereocenters. The van der Waals surface area contributed by atoms with Crippen molar-refractivity contribution in [2.75, 3.05) is 25.5 Å². The third-order valence-electron chi connectivity index (χ3n) is 6.44. The zero-order valence-corrected chi connectivity index (χ0v) is 22.3. The molecule has 0 fully saturated rings. The predicted octanol–water partition coefficient (Wildman–Crippen LogP) is 6.10. The van der Waals surface area contributed by atoms with Gasteiger partial charge in [0.25, 0.3) is 0 Å². The van der Waals surface area contributed by atoms with Crippen LogP contribution < -0.4 is 10.1 Å². The van der Waals surface area contributed by atoms with Crippen LogP contribution in [-0.4, -0.2) is 56.7 Å². The maximum Gasteiger partial charge on any atom is 0.416 e. The molecule has 4 rings (SSSR count). The van der Waals surface area contributed by atoms with Crippen LogP contribution >= 0.6 is 0 Å². The summed E-state index contributed by atoms with van der Waals surface area (Å²) in [5.41, 5.74) is 2.04. The largest absolute Gasteiger partial charge is 0.497 e. The van der Waals surface area contributed by atoms with Gasteiger partial charge in [0.2, 0.25) is 0 Å². The van der Waals surface area contributed by atoms with E-state index < -0.39 is 11.7 Å². The van der Waals surface area contributed by atoms with Crippen LogP contribution in [0.25, 0.3) is 22.6 Å². The van der Waals surface area contributed by atoms with Crippen molar-refractivity contribution in [2.24, 2.45) is 0 Å².